The normalized spacial score (nSPS) is 20.0. The van der Waals surface area contributed by atoms with Crippen LogP contribution in [0, 0.1) is 0 Å². The van der Waals surface area contributed by atoms with Crippen molar-refractivity contribution >= 4 is 21.9 Å². The Labute approximate surface area is 144 Å². The molecular formula is C20H16N2OS. The molecule has 4 heteroatoms. The molecule has 0 aromatic heterocycles. The Morgan fingerprint density at radius 1 is 0.750 bits per heavy atom. The van der Waals surface area contributed by atoms with E-state index in [4.69, 9.17) is 5.10 Å². The zero-order valence-corrected chi connectivity index (χ0v) is 13.8. The highest BCUT2D eigenvalue weighted by Gasteiger charge is 2.43. The number of hydrazone groups is 1. The molecular weight excluding hydrogens is 316 g/mol. The molecule has 0 saturated carbocycles. The lowest BCUT2D eigenvalue weighted by Crippen LogP contribution is -2.25. The minimum absolute atomic E-state index is 0.316. The summed E-state index contributed by atoms with van der Waals surface area (Å²) in [5.41, 5.74) is 2.83. The second kappa shape index (κ2) is 6.51. The molecule has 0 radical (unpaired) electrons. The van der Waals surface area contributed by atoms with Gasteiger partial charge in [0.05, 0.1) is 11.3 Å². The molecule has 4 rings (SSSR count). The van der Waals surface area contributed by atoms with Crippen LogP contribution in [0.5, 0.6) is 0 Å². The van der Waals surface area contributed by atoms with E-state index in [1.807, 2.05) is 96.0 Å². The quantitative estimate of drug-likeness (QED) is 0.670. The first-order valence-electron chi connectivity index (χ1n) is 7.78. The average Bonchev–Trinajstić information content (AvgIpc) is 3.01. The molecule has 0 saturated heterocycles. The molecule has 0 N–H and O–H groups in total. The number of hydrogen-bond acceptors (Lipinski definition) is 3. The van der Waals surface area contributed by atoms with Gasteiger partial charge in [0.15, 0.2) is 0 Å². The topological polar surface area (TPSA) is 38.7 Å². The molecule has 1 heterocycles. The lowest BCUT2D eigenvalue weighted by molar-refractivity contribution is 0.594. The minimum Gasteiger partial charge on any atom is -0.608 e. The summed E-state index contributed by atoms with van der Waals surface area (Å²) in [6.07, 6.45) is 0. The second-order valence-corrected chi connectivity index (χ2v) is 6.94. The Morgan fingerprint density at radius 3 is 1.92 bits per heavy atom. The maximum atomic E-state index is 13.2. The fraction of sp³-hybridized carbons (Fsp3) is 0.0500. The van der Waals surface area contributed by atoms with Crippen molar-refractivity contribution in [2.24, 2.45) is 5.10 Å². The van der Waals surface area contributed by atoms with Crippen molar-refractivity contribution in [3.05, 3.63) is 102 Å². The molecule has 0 fully saturated rings. The van der Waals surface area contributed by atoms with Gasteiger partial charge in [-0.1, -0.05) is 66.7 Å². The van der Waals surface area contributed by atoms with Gasteiger partial charge in [-0.05, 0) is 24.3 Å². The van der Waals surface area contributed by atoms with Gasteiger partial charge in [-0.25, -0.2) is 5.01 Å². The summed E-state index contributed by atoms with van der Waals surface area (Å²) in [7, 11) is 0. The van der Waals surface area contributed by atoms with E-state index in [2.05, 4.69) is 0 Å². The summed E-state index contributed by atoms with van der Waals surface area (Å²) in [4.78, 5) is 0. The third-order valence-electron chi connectivity index (χ3n) is 3.94. The molecule has 2 atom stereocenters. The highest BCUT2D eigenvalue weighted by molar-refractivity contribution is 8.07. The van der Waals surface area contributed by atoms with E-state index in [-0.39, 0.29) is 5.37 Å². The predicted molar refractivity (Wildman–Crippen MR) is 99.2 cm³/mol. The van der Waals surface area contributed by atoms with E-state index < -0.39 is 11.2 Å². The molecule has 3 nitrogen and oxygen atoms in total. The first kappa shape index (κ1) is 15.0. The maximum Gasteiger partial charge on any atom is 0.271 e. The van der Waals surface area contributed by atoms with Gasteiger partial charge in [0.1, 0.15) is 0 Å². The Hall–Kier alpha value is -2.56. The molecule has 3 aromatic carbocycles. The van der Waals surface area contributed by atoms with Gasteiger partial charge >= 0.3 is 0 Å². The van der Waals surface area contributed by atoms with Crippen LogP contribution in [0.1, 0.15) is 16.5 Å². The van der Waals surface area contributed by atoms with Crippen LogP contribution in [-0.4, -0.2) is 9.60 Å². The Kier molecular flexibility index (Phi) is 4.07. The summed E-state index contributed by atoms with van der Waals surface area (Å²) >= 11 is -1.26. The molecule has 1 aliphatic rings. The van der Waals surface area contributed by atoms with E-state index in [9.17, 15) is 4.55 Å². The van der Waals surface area contributed by atoms with E-state index in [0.717, 1.165) is 16.8 Å². The fourth-order valence-corrected chi connectivity index (χ4v) is 4.30. The van der Waals surface area contributed by atoms with Gasteiger partial charge in [0.2, 0.25) is 5.37 Å². The lowest BCUT2D eigenvalue weighted by atomic mass is 10.2. The number of rotatable bonds is 3. The Bertz CT molecular complexity index is 837. The van der Waals surface area contributed by atoms with Crippen molar-refractivity contribution in [3.63, 3.8) is 0 Å². The van der Waals surface area contributed by atoms with E-state index in [1.165, 1.54) is 0 Å². The van der Waals surface area contributed by atoms with Gasteiger partial charge in [0.25, 0.3) is 5.04 Å². The summed E-state index contributed by atoms with van der Waals surface area (Å²) in [6, 6.07) is 29.5. The van der Waals surface area contributed by atoms with Crippen LogP contribution in [0.2, 0.25) is 0 Å². The monoisotopic (exact) mass is 332 g/mol. The van der Waals surface area contributed by atoms with Gasteiger partial charge in [-0.15, -0.1) is 5.10 Å². The fourth-order valence-electron chi connectivity index (χ4n) is 2.80. The van der Waals surface area contributed by atoms with Crippen LogP contribution in [0.4, 0.5) is 5.69 Å². The van der Waals surface area contributed by atoms with Crippen molar-refractivity contribution in [1.82, 2.24) is 0 Å². The van der Waals surface area contributed by atoms with Crippen LogP contribution < -0.4 is 5.01 Å². The molecule has 118 valence electrons. The van der Waals surface area contributed by atoms with E-state index >= 15 is 0 Å². The van der Waals surface area contributed by atoms with Crippen LogP contribution in [0.3, 0.4) is 0 Å². The molecule has 0 bridgehead atoms. The van der Waals surface area contributed by atoms with Gasteiger partial charge in [-0.2, -0.15) is 0 Å². The summed E-state index contributed by atoms with van der Waals surface area (Å²) < 4.78 is 13.2. The van der Waals surface area contributed by atoms with Crippen molar-refractivity contribution in [1.29, 1.82) is 0 Å². The summed E-state index contributed by atoms with van der Waals surface area (Å²) in [6.45, 7) is 0. The standard InChI is InChI=1S/C20H16N2OS/c23-24-19(16-10-4-1-5-11-16)21-22(18-14-8-3-9-15-18)20(24)17-12-6-2-7-13-17/h1-15,20H. The molecule has 24 heavy (non-hydrogen) atoms. The zero-order valence-electron chi connectivity index (χ0n) is 12.9. The maximum absolute atomic E-state index is 13.2. The van der Waals surface area contributed by atoms with Crippen LogP contribution in [-0.2, 0) is 11.2 Å². The molecule has 0 spiro atoms. The van der Waals surface area contributed by atoms with Crippen molar-refractivity contribution in [2.75, 3.05) is 5.01 Å². The van der Waals surface area contributed by atoms with Gasteiger partial charge < -0.3 is 4.55 Å². The summed E-state index contributed by atoms with van der Waals surface area (Å²) in [5, 5.41) is 6.89. The Balaban J connectivity index is 1.81. The molecule has 1 aliphatic heterocycles. The largest absolute Gasteiger partial charge is 0.608 e. The third-order valence-corrected chi connectivity index (χ3v) is 5.52. The number of hydrogen-bond donors (Lipinski definition) is 0. The predicted octanol–water partition coefficient (Wildman–Crippen LogP) is 4.32. The third kappa shape index (κ3) is 2.70. The van der Waals surface area contributed by atoms with Gasteiger partial charge in [-0.3, -0.25) is 0 Å². The van der Waals surface area contributed by atoms with Crippen LogP contribution >= 0.6 is 0 Å². The van der Waals surface area contributed by atoms with Gasteiger partial charge in [0, 0.05) is 16.7 Å². The average molecular weight is 332 g/mol. The number of nitrogens with zero attached hydrogens (tertiary/aromatic N) is 2. The number of para-hydroxylation sites is 1. The smallest absolute Gasteiger partial charge is 0.271 e. The van der Waals surface area contributed by atoms with Crippen LogP contribution in [0.25, 0.3) is 0 Å². The second-order valence-electron chi connectivity index (χ2n) is 5.51. The summed E-state index contributed by atoms with van der Waals surface area (Å²) in [5.74, 6) is 0. The zero-order chi connectivity index (χ0) is 16.4. The van der Waals surface area contributed by atoms with E-state index in [1.54, 1.807) is 0 Å². The van der Waals surface area contributed by atoms with E-state index in [0.29, 0.717) is 5.04 Å². The van der Waals surface area contributed by atoms with Crippen molar-refractivity contribution in [2.45, 2.75) is 5.37 Å². The first-order valence-corrected chi connectivity index (χ1v) is 9.00. The minimum atomic E-state index is -1.26. The number of anilines is 1. The number of benzene rings is 3. The molecule has 0 aliphatic carbocycles. The highest BCUT2D eigenvalue weighted by atomic mass is 32.2. The first-order chi connectivity index (χ1) is 11.8. The lowest BCUT2D eigenvalue weighted by Gasteiger charge is -2.22. The SMILES string of the molecule is [O-][S+]1C(c2ccccc2)=NN(c2ccccc2)C1c1ccccc1. The van der Waals surface area contributed by atoms with Crippen molar-refractivity contribution < 1.29 is 4.55 Å². The molecule has 3 aromatic rings. The highest BCUT2D eigenvalue weighted by Crippen LogP contribution is 2.39. The molecule has 2 unspecified atom stereocenters. The van der Waals surface area contributed by atoms with Crippen LogP contribution in [0.15, 0.2) is 96.1 Å². The Morgan fingerprint density at radius 2 is 1.29 bits per heavy atom. The van der Waals surface area contributed by atoms with Crippen molar-refractivity contribution in [3.8, 4) is 0 Å². The molecule has 0 amide bonds.